The lowest BCUT2D eigenvalue weighted by molar-refractivity contribution is -0.192. The molecule has 10 heteroatoms. The number of likely N-dealkylation sites (tertiary alicyclic amines) is 2. The van der Waals surface area contributed by atoms with Gasteiger partial charge in [-0.3, -0.25) is 9.69 Å². The zero-order chi connectivity index (χ0) is 22.6. The van der Waals surface area contributed by atoms with Gasteiger partial charge in [-0.2, -0.15) is 13.2 Å². The molecule has 31 heavy (non-hydrogen) atoms. The first-order valence-electron chi connectivity index (χ1n) is 11.1. The molecule has 0 spiro atoms. The second-order valence-electron chi connectivity index (χ2n) is 9.11. The molecule has 178 valence electrons. The number of amides is 1. The molecule has 0 aromatic carbocycles. The largest absolute Gasteiger partial charge is 0.490 e. The summed E-state index contributed by atoms with van der Waals surface area (Å²) in [7, 11) is 1.80. The molecule has 3 aliphatic heterocycles. The molecule has 4 aliphatic rings. The van der Waals surface area contributed by atoms with Gasteiger partial charge in [0.25, 0.3) is 0 Å². The van der Waals surface area contributed by atoms with E-state index in [2.05, 4.69) is 9.80 Å². The topological polar surface area (TPSA) is 79.3 Å². The molecule has 1 unspecified atom stereocenters. The Labute approximate surface area is 180 Å². The number of carbonyl (C=O) groups is 2. The zero-order valence-corrected chi connectivity index (χ0v) is 18.0. The zero-order valence-electron chi connectivity index (χ0n) is 18.0. The Morgan fingerprint density at radius 3 is 2.42 bits per heavy atom. The van der Waals surface area contributed by atoms with Gasteiger partial charge in [-0.25, -0.2) is 4.79 Å². The number of aliphatic carboxylic acids is 1. The number of methoxy groups -OCH3 is 1. The fourth-order valence-electron chi connectivity index (χ4n) is 5.10. The monoisotopic (exact) mass is 450 g/mol. The molecule has 4 fully saturated rings. The van der Waals surface area contributed by atoms with Crippen LogP contribution in [0.1, 0.15) is 32.1 Å². The molecule has 7 nitrogen and oxygen atoms in total. The Bertz CT molecular complexity index is 623. The van der Waals surface area contributed by atoms with Gasteiger partial charge in [0, 0.05) is 44.7 Å². The minimum Gasteiger partial charge on any atom is -0.475 e. The Hall–Kier alpha value is -1.39. The van der Waals surface area contributed by atoms with Gasteiger partial charge in [-0.15, -0.1) is 0 Å². The molecule has 0 aromatic heterocycles. The molecule has 1 N–H and O–H groups in total. The van der Waals surface area contributed by atoms with Gasteiger partial charge in [0.15, 0.2) is 0 Å². The van der Waals surface area contributed by atoms with Gasteiger partial charge in [0.2, 0.25) is 5.91 Å². The van der Waals surface area contributed by atoms with Crippen molar-refractivity contribution in [3.05, 3.63) is 0 Å². The van der Waals surface area contributed by atoms with Crippen LogP contribution in [0.2, 0.25) is 0 Å². The Morgan fingerprint density at radius 1 is 1.19 bits per heavy atom. The van der Waals surface area contributed by atoms with E-state index >= 15 is 0 Å². The normalized spacial score (nSPS) is 32.1. The second-order valence-corrected chi connectivity index (χ2v) is 9.11. The molecule has 4 rings (SSSR count). The average molecular weight is 450 g/mol. The van der Waals surface area contributed by atoms with Crippen LogP contribution in [0, 0.1) is 23.7 Å². The van der Waals surface area contributed by atoms with Crippen LogP contribution in [0.25, 0.3) is 0 Å². The molecule has 0 bridgehead atoms. The third-order valence-electron chi connectivity index (χ3n) is 6.90. The highest BCUT2D eigenvalue weighted by molar-refractivity contribution is 5.80. The van der Waals surface area contributed by atoms with Crippen LogP contribution < -0.4 is 0 Å². The summed E-state index contributed by atoms with van der Waals surface area (Å²) >= 11 is 0. The van der Waals surface area contributed by atoms with Crippen molar-refractivity contribution in [3.63, 3.8) is 0 Å². The standard InChI is InChI=1S/C19H32N2O3.C2HF3O2/c1-23-12-15-11-21(10-14-2-3-14)19(22)18-5-8-20(7-4-17(15)18)16-6-9-24-13-16;3-2(4,5)1(6)7/h14-18H,2-13H2,1H3;(H,6,7)/t15-,16?,17-,18-;/m1./s1. The molecule has 3 saturated heterocycles. The highest BCUT2D eigenvalue weighted by atomic mass is 19.4. The number of carbonyl (C=O) groups excluding carboxylic acids is 1. The van der Waals surface area contributed by atoms with E-state index in [-0.39, 0.29) is 5.92 Å². The highest BCUT2D eigenvalue weighted by Gasteiger charge is 2.45. The van der Waals surface area contributed by atoms with E-state index in [1.54, 1.807) is 7.11 Å². The number of fused-ring (bicyclic) bond motifs is 1. The lowest BCUT2D eigenvalue weighted by Crippen LogP contribution is -2.52. The Morgan fingerprint density at radius 2 is 1.87 bits per heavy atom. The summed E-state index contributed by atoms with van der Waals surface area (Å²) in [5, 5.41) is 7.12. The van der Waals surface area contributed by atoms with Crippen molar-refractivity contribution in [2.75, 3.05) is 53.1 Å². The summed E-state index contributed by atoms with van der Waals surface area (Å²) in [6.07, 6.45) is 0.836. The third kappa shape index (κ3) is 6.55. The van der Waals surface area contributed by atoms with E-state index in [9.17, 15) is 18.0 Å². The van der Waals surface area contributed by atoms with Gasteiger partial charge >= 0.3 is 12.1 Å². The predicted octanol–water partition coefficient (Wildman–Crippen LogP) is 2.25. The lowest BCUT2D eigenvalue weighted by atomic mass is 9.74. The van der Waals surface area contributed by atoms with Crippen LogP contribution in [0.5, 0.6) is 0 Å². The van der Waals surface area contributed by atoms with E-state index in [1.165, 1.54) is 12.8 Å². The molecule has 3 heterocycles. The van der Waals surface area contributed by atoms with Crippen LogP contribution in [0.4, 0.5) is 13.2 Å². The number of hydrogen-bond donors (Lipinski definition) is 1. The number of ether oxygens (including phenoxy) is 2. The smallest absolute Gasteiger partial charge is 0.475 e. The fraction of sp³-hybridized carbons (Fsp3) is 0.905. The fourth-order valence-corrected chi connectivity index (χ4v) is 5.10. The maximum Gasteiger partial charge on any atom is 0.490 e. The molecule has 1 saturated carbocycles. The first-order chi connectivity index (χ1) is 14.7. The van der Waals surface area contributed by atoms with Crippen molar-refractivity contribution in [2.45, 2.75) is 44.3 Å². The van der Waals surface area contributed by atoms with Crippen LogP contribution in [0.15, 0.2) is 0 Å². The van der Waals surface area contributed by atoms with Crippen LogP contribution in [0.3, 0.4) is 0 Å². The Balaban J connectivity index is 0.000000339. The quantitative estimate of drug-likeness (QED) is 0.692. The summed E-state index contributed by atoms with van der Waals surface area (Å²) in [5.41, 5.74) is 0. The number of rotatable bonds is 5. The van der Waals surface area contributed by atoms with Crippen LogP contribution in [-0.4, -0.2) is 92.1 Å². The molecule has 0 radical (unpaired) electrons. The highest BCUT2D eigenvalue weighted by Crippen LogP contribution is 2.39. The molecule has 0 aromatic rings. The number of nitrogens with zero attached hydrogens (tertiary/aromatic N) is 2. The average Bonchev–Trinajstić information content (AvgIpc) is 3.42. The minimum atomic E-state index is -5.08. The minimum absolute atomic E-state index is 0.213. The number of carboxylic acids is 1. The number of carboxylic acid groups (broad SMARTS) is 1. The lowest BCUT2D eigenvalue weighted by Gasteiger charge is -2.42. The van der Waals surface area contributed by atoms with Gasteiger partial charge in [-0.05, 0) is 57.0 Å². The van der Waals surface area contributed by atoms with E-state index in [1.807, 2.05) is 0 Å². The molecule has 1 amide bonds. The van der Waals surface area contributed by atoms with Crippen molar-refractivity contribution in [1.29, 1.82) is 0 Å². The van der Waals surface area contributed by atoms with Gasteiger partial charge < -0.3 is 19.5 Å². The van der Waals surface area contributed by atoms with Gasteiger partial charge in [-0.1, -0.05) is 0 Å². The third-order valence-corrected chi connectivity index (χ3v) is 6.90. The SMILES string of the molecule is COC[C@H]1CN(CC2CC2)C(=O)[C@@H]2CCN(C3CCOC3)CC[C@H]12.O=C(O)C(F)(F)F. The van der Waals surface area contributed by atoms with Crippen molar-refractivity contribution in [1.82, 2.24) is 9.80 Å². The Kier molecular flexibility index (Phi) is 8.20. The van der Waals surface area contributed by atoms with E-state index in [0.717, 1.165) is 71.2 Å². The van der Waals surface area contributed by atoms with E-state index in [4.69, 9.17) is 19.4 Å². The second kappa shape index (κ2) is 10.5. The van der Waals surface area contributed by atoms with E-state index in [0.29, 0.717) is 23.8 Å². The molecule has 1 aliphatic carbocycles. The van der Waals surface area contributed by atoms with Gasteiger partial charge in [0.1, 0.15) is 0 Å². The molecular weight excluding hydrogens is 417 g/mol. The van der Waals surface area contributed by atoms with Crippen LogP contribution in [-0.2, 0) is 19.1 Å². The molecular formula is C21H33F3N2O5. The van der Waals surface area contributed by atoms with Crippen molar-refractivity contribution < 1.29 is 37.3 Å². The summed E-state index contributed by atoms with van der Waals surface area (Å²) in [5.74, 6) is -0.329. The van der Waals surface area contributed by atoms with Gasteiger partial charge in [0.05, 0.1) is 13.2 Å². The first kappa shape index (κ1) is 24.3. The summed E-state index contributed by atoms with van der Waals surface area (Å²) in [4.78, 5) is 26.8. The summed E-state index contributed by atoms with van der Waals surface area (Å²) in [6.45, 7) is 6.64. The van der Waals surface area contributed by atoms with Crippen molar-refractivity contribution in [3.8, 4) is 0 Å². The number of halogens is 3. The van der Waals surface area contributed by atoms with Crippen molar-refractivity contribution >= 4 is 11.9 Å². The number of alkyl halides is 3. The first-order valence-corrected chi connectivity index (χ1v) is 11.1. The number of piperidine rings is 1. The summed E-state index contributed by atoms with van der Waals surface area (Å²) < 4.78 is 42.8. The predicted molar refractivity (Wildman–Crippen MR) is 105 cm³/mol. The molecule has 4 atom stereocenters. The maximum atomic E-state index is 13.1. The number of hydrogen-bond acceptors (Lipinski definition) is 5. The maximum absolute atomic E-state index is 13.1. The van der Waals surface area contributed by atoms with Crippen molar-refractivity contribution in [2.24, 2.45) is 23.7 Å². The summed E-state index contributed by atoms with van der Waals surface area (Å²) in [6, 6.07) is 0.573. The van der Waals surface area contributed by atoms with Crippen LogP contribution >= 0.6 is 0 Å². The van der Waals surface area contributed by atoms with E-state index < -0.39 is 12.1 Å².